The summed E-state index contributed by atoms with van der Waals surface area (Å²) in [6.07, 6.45) is 1.40. The Hall–Kier alpha value is -0.960. The van der Waals surface area contributed by atoms with Crippen LogP contribution in [0, 0.1) is 5.95 Å². The summed E-state index contributed by atoms with van der Waals surface area (Å²) in [4.78, 5) is 3.49. The number of halogens is 1. The Morgan fingerprint density at radius 1 is 1.70 bits per heavy atom. The lowest BCUT2D eigenvalue weighted by Crippen LogP contribution is -1.89. The van der Waals surface area contributed by atoms with Crippen LogP contribution in [0.5, 0.6) is 0 Å². The zero-order valence-electron chi connectivity index (χ0n) is 5.25. The molecule has 52 valence electrons. The molecule has 0 spiro atoms. The molecule has 3 heteroatoms. The highest BCUT2D eigenvalue weighted by molar-refractivity contribution is 5.17. The molecule has 10 heavy (non-hydrogen) atoms. The van der Waals surface area contributed by atoms with Crippen LogP contribution in [0.15, 0.2) is 18.3 Å². The number of epoxide rings is 1. The van der Waals surface area contributed by atoms with E-state index in [1.807, 2.05) is 0 Å². The third-order valence-corrected chi connectivity index (χ3v) is 1.47. The van der Waals surface area contributed by atoms with E-state index in [-0.39, 0.29) is 6.10 Å². The van der Waals surface area contributed by atoms with Gasteiger partial charge in [-0.2, -0.15) is 4.39 Å². The van der Waals surface area contributed by atoms with Gasteiger partial charge in [-0.1, -0.05) is 6.07 Å². The quantitative estimate of drug-likeness (QED) is 0.432. The van der Waals surface area contributed by atoms with Crippen LogP contribution in [0.25, 0.3) is 0 Å². The maximum Gasteiger partial charge on any atom is 0.218 e. The Bertz CT molecular complexity index is 247. The van der Waals surface area contributed by atoms with Gasteiger partial charge in [0.1, 0.15) is 6.10 Å². The van der Waals surface area contributed by atoms with Crippen molar-refractivity contribution in [3.8, 4) is 0 Å². The molecule has 2 rings (SSSR count). The van der Waals surface area contributed by atoms with Crippen LogP contribution in [-0.4, -0.2) is 11.6 Å². The van der Waals surface area contributed by atoms with Gasteiger partial charge >= 0.3 is 0 Å². The SMILES string of the molecule is Fc1ncccc1[C@H]1CO1. The van der Waals surface area contributed by atoms with E-state index in [9.17, 15) is 4.39 Å². The molecule has 1 saturated heterocycles. The van der Waals surface area contributed by atoms with Crippen LogP contribution in [0.2, 0.25) is 0 Å². The van der Waals surface area contributed by atoms with Crippen molar-refractivity contribution in [3.63, 3.8) is 0 Å². The van der Waals surface area contributed by atoms with Gasteiger partial charge in [0.05, 0.1) is 6.61 Å². The molecule has 0 aliphatic carbocycles. The minimum Gasteiger partial charge on any atom is -0.368 e. The van der Waals surface area contributed by atoms with Crippen molar-refractivity contribution in [2.75, 3.05) is 6.61 Å². The number of rotatable bonds is 1. The molecular weight excluding hydrogens is 133 g/mol. The maximum absolute atomic E-state index is 12.7. The lowest BCUT2D eigenvalue weighted by molar-refractivity contribution is 0.404. The average Bonchev–Trinajstić information content (AvgIpc) is 2.71. The van der Waals surface area contributed by atoms with Crippen molar-refractivity contribution >= 4 is 0 Å². The van der Waals surface area contributed by atoms with Crippen molar-refractivity contribution in [3.05, 3.63) is 29.8 Å². The third-order valence-electron chi connectivity index (χ3n) is 1.47. The molecule has 0 saturated carbocycles. The molecule has 1 fully saturated rings. The first-order valence-electron chi connectivity index (χ1n) is 3.10. The van der Waals surface area contributed by atoms with Gasteiger partial charge in [-0.05, 0) is 6.07 Å². The van der Waals surface area contributed by atoms with Crippen molar-refractivity contribution < 1.29 is 9.13 Å². The van der Waals surface area contributed by atoms with Gasteiger partial charge < -0.3 is 4.74 Å². The molecular formula is C7H6FNO. The fraction of sp³-hybridized carbons (Fsp3) is 0.286. The van der Waals surface area contributed by atoms with Crippen LogP contribution < -0.4 is 0 Å². The van der Waals surface area contributed by atoms with E-state index in [1.54, 1.807) is 12.1 Å². The van der Waals surface area contributed by atoms with E-state index in [2.05, 4.69) is 4.98 Å². The zero-order valence-corrected chi connectivity index (χ0v) is 5.25. The smallest absolute Gasteiger partial charge is 0.218 e. The van der Waals surface area contributed by atoms with Crippen LogP contribution in [-0.2, 0) is 4.74 Å². The fourth-order valence-electron chi connectivity index (χ4n) is 0.866. The van der Waals surface area contributed by atoms with Crippen LogP contribution in [0.4, 0.5) is 4.39 Å². The first kappa shape index (κ1) is 5.80. The largest absolute Gasteiger partial charge is 0.368 e. The first-order valence-corrected chi connectivity index (χ1v) is 3.10. The minimum atomic E-state index is -0.412. The first-order chi connectivity index (χ1) is 4.88. The number of pyridine rings is 1. The molecule has 1 aromatic heterocycles. The Kier molecular flexibility index (Phi) is 1.17. The molecule has 0 unspecified atom stereocenters. The van der Waals surface area contributed by atoms with Gasteiger partial charge in [-0.15, -0.1) is 0 Å². The van der Waals surface area contributed by atoms with Gasteiger partial charge in [0.25, 0.3) is 0 Å². The standard InChI is InChI=1S/C7H6FNO/c8-7-5(6-4-10-6)2-1-3-9-7/h1-3,6H,4H2/t6-/m1/s1. The van der Waals surface area contributed by atoms with Crippen LogP contribution >= 0.6 is 0 Å². The zero-order chi connectivity index (χ0) is 6.97. The molecule has 2 nitrogen and oxygen atoms in total. The Morgan fingerprint density at radius 3 is 3.10 bits per heavy atom. The molecule has 0 N–H and O–H groups in total. The second-order valence-corrected chi connectivity index (χ2v) is 2.21. The van der Waals surface area contributed by atoms with Crippen molar-refractivity contribution in [2.24, 2.45) is 0 Å². The van der Waals surface area contributed by atoms with E-state index in [0.29, 0.717) is 12.2 Å². The predicted molar refractivity (Wildman–Crippen MR) is 32.9 cm³/mol. The molecule has 1 aliphatic rings. The molecule has 1 aliphatic heterocycles. The summed E-state index contributed by atoms with van der Waals surface area (Å²) in [5, 5.41) is 0. The van der Waals surface area contributed by atoms with Gasteiger partial charge in [-0.25, -0.2) is 4.98 Å². The van der Waals surface area contributed by atoms with Crippen molar-refractivity contribution in [2.45, 2.75) is 6.10 Å². The topological polar surface area (TPSA) is 25.4 Å². The molecule has 1 atom stereocenters. The van der Waals surface area contributed by atoms with Crippen LogP contribution in [0.3, 0.4) is 0 Å². The minimum absolute atomic E-state index is 0.0336. The molecule has 0 amide bonds. The predicted octanol–water partition coefficient (Wildman–Crippen LogP) is 1.29. The summed E-state index contributed by atoms with van der Waals surface area (Å²) < 4.78 is 17.6. The Morgan fingerprint density at radius 2 is 2.50 bits per heavy atom. The monoisotopic (exact) mass is 139 g/mol. The summed E-state index contributed by atoms with van der Waals surface area (Å²) in [5.74, 6) is -0.412. The van der Waals surface area contributed by atoms with Gasteiger partial charge in [0, 0.05) is 11.8 Å². The van der Waals surface area contributed by atoms with Gasteiger partial charge in [0.15, 0.2) is 0 Å². The van der Waals surface area contributed by atoms with E-state index in [4.69, 9.17) is 4.74 Å². The third kappa shape index (κ3) is 0.885. The number of aromatic nitrogens is 1. The molecule has 2 heterocycles. The molecule has 0 aromatic carbocycles. The number of nitrogens with zero attached hydrogens (tertiary/aromatic N) is 1. The van der Waals surface area contributed by atoms with E-state index in [1.165, 1.54) is 6.20 Å². The number of hydrogen-bond acceptors (Lipinski definition) is 2. The highest BCUT2D eigenvalue weighted by Crippen LogP contribution is 2.30. The van der Waals surface area contributed by atoms with Crippen molar-refractivity contribution in [1.82, 2.24) is 4.98 Å². The maximum atomic E-state index is 12.7. The van der Waals surface area contributed by atoms with Crippen molar-refractivity contribution in [1.29, 1.82) is 0 Å². The highest BCUT2D eigenvalue weighted by atomic mass is 19.1. The average molecular weight is 139 g/mol. The molecule has 0 bridgehead atoms. The summed E-state index contributed by atoms with van der Waals surface area (Å²) >= 11 is 0. The summed E-state index contributed by atoms with van der Waals surface area (Å²) in [7, 11) is 0. The van der Waals surface area contributed by atoms with Crippen LogP contribution in [0.1, 0.15) is 11.7 Å². The fourth-order valence-corrected chi connectivity index (χ4v) is 0.866. The number of ether oxygens (including phenoxy) is 1. The summed E-state index contributed by atoms with van der Waals surface area (Å²) in [5.41, 5.74) is 0.572. The lowest BCUT2D eigenvalue weighted by atomic mass is 10.2. The summed E-state index contributed by atoms with van der Waals surface area (Å²) in [6.45, 7) is 0.628. The van der Waals surface area contributed by atoms with Gasteiger partial charge in [-0.3, -0.25) is 0 Å². The van der Waals surface area contributed by atoms with E-state index < -0.39 is 5.95 Å². The Balaban J connectivity index is 2.39. The van der Waals surface area contributed by atoms with E-state index in [0.717, 1.165) is 0 Å². The van der Waals surface area contributed by atoms with E-state index >= 15 is 0 Å². The summed E-state index contributed by atoms with van der Waals surface area (Å²) in [6, 6.07) is 3.40. The van der Waals surface area contributed by atoms with Gasteiger partial charge in [0.2, 0.25) is 5.95 Å². The second-order valence-electron chi connectivity index (χ2n) is 2.21. The Labute approximate surface area is 57.7 Å². The molecule has 0 radical (unpaired) electrons. The lowest BCUT2D eigenvalue weighted by Gasteiger charge is -1.93. The molecule has 1 aromatic rings. The normalized spacial score (nSPS) is 22.7. The number of hydrogen-bond donors (Lipinski definition) is 0. The second kappa shape index (κ2) is 2.02. The highest BCUT2D eigenvalue weighted by Gasteiger charge is 2.27.